The molecular formula is C19H19N3OS. The number of fused-ring (bicyclic) bond motifs is 1. The lowest BCUT2D eigenvalue weighted by atomic mass is 9.95. The number of hydrogen-bond acceptors (Lipinski definition) is 4. The van der Waals surface area contributed by atoms with Crippen LogP contribution in [0.25, 0.3) is 0 Å². The van der Waals surface area contributed by atoms with E-state index < -0.39 is 0 Å². The van der Waals surface area contributed by atoms with Crippen LogP contribution in [0.4, 0.5) is 5.69 Å². The molecule has 1 aromatic carbocycles. The number of anilines is 1. The largest absolute Gasteiger partial charge is 0.325 e. The molecule has 0 saturated carbocycles. The lowest BCUT2D eigenvalue weighted by Gasteiger charge is -2.16. The van der Waals surface area contributed by atoms with Gasteiger partial charge in [-0.15, -0.1) is 0 Å². The molecule has 122 valence electrons. The number of aromatic nitrogens is 1. The van der Waals surface area contributed by atoms with Crippen LogP contribution < -0.4 is 5.32 Å². The highest BCUT2D eigenvalue weighted by molar-refractivity contribution is 8.00. The van der Waals surface area contributed by atoms with Crippen LogP contribution in [-0.4, -0.2) is 16.6 Å². The number of nitrogens with zero attached hydrogens (tertiary/aromatic N) is 2. The molecule has 0 aliphatic heterocycles. The zero-order valence-electron chi connectivity index (χ0n) is 13.6. The number of aryl methyl sites for hydroxylation is 3. The first-order valence-corrected chi connectivity index (χ1v) is 9.06. The SMILES string of the molecule is Cc1ccc(NC(=O)CSc2nc3c(cc2C#N)CCCC3)cc1. The summed E-state index contributed by atoms with van der Waals surface area (Å²) in [6.45, 7) is 2.01. The Kier molecular flexibility index (Phi) is 5.17. The molecule has 0 radical (unpaired) electrons. The van der Waals surface area contributed by atoms with Crippen LogP contribution in [-0.2, 0) is 17.6 Å². The van der Waals surface area contributed by atoms with Gasteiger partial charge in [0, 0.05) is 11.4 Å². The fourth-order valence-corrected chi connectivity index (χ4v) is 3.55. The Morgan fingerprint density at radius 2 is 2.04 bits per heavy atom. The number of thioether (sulfide) groups is 1. The van der Waals surface area contributed by atoms with Crippen molar-refractivity contribution in [3.63, 3.8) is 0 Å². The van der Waals surface area contributed by atoms with Gasteiger partial charge in [0.1, 0.15) is 11.1 Å². The topological polar surface area (TPSA) is 65.8 Å². The van der Waals surface area contributed by atoms with Gasteiger partial charge in [-0.1, -0.05) is 29.5 Å². The molecule has 0 bridgehead atoms. The highest BCUT2D eigenvalue weighted by Crippen LogP contribution is 2.27. The first-order valence-electron chi connectivity index (χ1n) is 8.08. The van der Waals surface area contributed by atoms with Gasteiger partial charge in [-0.05, 0) is 56.4 Å². The monoisotopic (exact) mass is 337 g/mol. The summed E-state index contributed by atoms with van der Waals surface area (Å²) in [5.74, 6) is 0.154. The van der Waals surface area contributed by atoms with Gasteiger partial charge in [-0.25, -0.2) is 4.98 Å². The lowest BCUT2D eigenvalue weighted by Crippen LogP contribution is -2.14. The zero-order valence-corrected chi connectivity index (χ0v) is 14.4. The number of carbonyl (C=O) groups is 1. The number of nitrogens with one attached hydrogen (secondary N) is 1. The summed E-state index contributed by atoms with van der Waals surface area (Å²) in [6.07, 6.45) is 4.26. The van der Waals surface area contributed by atoms with Crippen molar-refractivity contribution >= 4 is 23.4 Å². The van der Waals surface area contributed by atoms with Gasteiger partial charge in [0.25, 0.3) is 0 Å². The smallest absolute Gasteiger partial charge is 0.234 e. The number of rotatable bonds is 4. The third-order valence-electron chi connectivity index (χ3n) is 4.06. The quantitative estimate of drug-likeness (QED) is 0.860. The summed E-state index contributed by atoms with van der Waals surface area (Å²) in [5.41, 5.74) is 4.78. The Hall–Kier alpha value is -2.32. The maximum Gasteiger partial charge on any atom is 0.234 e. The number of nitriles is 1. The van der Waals surface area contributed by atoms with E-state index in [1.54, 1.807) is 0 Å². The summed E-state index contributed by atoms with van der Waals surface area (Å²) in [5, 5.41) is 12.9. The molecule has 1 heterocycles. The summed E-state index contributed by atoms with van der Waals surface area (Å²) in [7, 11) is 0. The van der Waals surface area contributed by atoms with E-state index in [9.17, 15) is 10.1 Å². The van der Waals surface area contributed by atoms with Crippen molar-refractivity contribution in [2.75, 3.05) is 11.1 Å². The Balaban J connectivity index is 1.66. The Morgan fingerprint density at radius 1 is 1.29 bits per heavy atom. The number of carbonyl (C=O) groups excluding carboxylic acids is 1. The first-order chi connectivity index (χ1) is 11.7. The average Bonchev–Trinajstić information content (AvgIpc) is 2.61. The maximum atomic E-state index is 12.1. The molecule has 3 rings (SSSR count). The molecule has 5 heteroatoms. The van der Waals surface area contributed by atoms with Crippen LogP contribution in [0.2, 0.25) is 0 Å². The second-order valence-electron chi connectivity index (χ2n) is 5.97. The summed E-state index contributed by atoms with van der Waals surface area (Å²) in [6, 6.07) is 11.8. The second-order valence-corrected chi connectivity index (χ2v) is 6.93. The average molecular weight is 337 g/mol. The van der Waals surface area contributed by atoms with Gasteiger partial charge in [0.15, 0.2) is 0 Å². The number of hydrogen-bond donors (Lipinski definition) is 1. The summed E-state index contributed by atoms with van der Waals surface area (Å²) >= 11 is 1.33. The Morgan fingerprint density at radius 3 is 2.79 bits per heavy atom. The van der Waals surface area contributed by atoms with E-state index in [1.807, 2.05) is 37.3 Å². The molecule has 1 aliphatic carbocycles. The van der Waals surface area contributed by atoms with E-state index in [0.29, 0.717) is 10.6 Å². The van der Waals surface area contributed by atoms with Gasteiger partial charge >= 0.3 is 0 Å². The predicted molar refractivity (Wildman–Crippen MR) is 96.1 cm³/mol. The molecule has 1 aromatic heterocycles. The third-order valence-corrected chi connectivity index (χ3v) is 5.05. The molecule has 1 aliphatic rings. The van der Waals surface area contributed by atoms with Crippen molar-refractivity contribution in [3.05, 3.63) is 52.7 Å². The second kappa shape index (κ2) is 7.50. The molecule has 1 amide bonds. The maximum absolute atomic E-state index is 12.1. The lowest BCUT2D eigenvalue weighted by molar-refractivity contribution is -0.113. The van der Waals surface area contributed by atoms with Crippen molar-refractivity contribution < 1.29 is 4.79 Å². The van der Waals surface area contributed by atoms with E-state index in [2.05, 4.69) is 16.4 Å². The van der Waals surface area contributed by atoms with Crippen LogP contribution in [0.5, 0.6) is 0 Å². The molecule has 0 atom stereocenters. The molecule has 0 saturated heterocycles. The van der Waals surface area contributed by atoms with Crippen molar-refractivity contribution in [1.29, 1.82) is 5.26 Å². The van der Waals surface area contributed by atoms with Crippen LogP contribution in [0.1, 0.15) is 35.2 Å². The van der Waals surface area contributed by atoms with Crippen LogP contribution in [0.15, 0.2) is 35.4 Å². The number of pyridine rings is 1. The van der Waals surface area contributed by atoms with E-state index in [1.165, 1.54) is 17.3 Å². The van der Waals surface area contributed by atoms with Crippen LogP contribution in [0.3, 0.4) is 0 Å². The van der Waals surface area contributed by atoms with Crippen LogP contribution in [0, 0.1) is 18.3 Å². The molecule has 4 nitrogen and oxygen atoms in total. The van der Waals surface area contributed by atoms with Gasteiger partial charge in [-0.3, -0.25) is 4.79 Å². The zero-order chi connectivity index (χ0) is 16.9. The Labute approximate surface area is 146 Å². The van der Waals surface area contributed by atoms with Gasteiger partial charge in [0.2, 0.25) is 5.91 Å². The third kappa shape index (κ3) is 3.95. The highest BCUT2D eigenvalue weighted by atomic mass is 32.2. The standard InChI is InChI=1S/C19H19N3OS/c1-13-6-8-16(9-7-13)21-18(23)12-24-19-15(11-20)10-14-4-2-3-5-17(14)22-19/h6-10H,2-5,12H2,1H3,(H,21,23). The summed E-state index contributed by atoms with van der Waals surface area (Å²) in [4.78, 5) is 16.8. The van der Waals surface area contributed by atoms with Gasteiger partial charge < -0.3 is 5.32 Å². The fourth-order valence-electron chi connectivity index (χ4n) is 2.77. The minimum absolute atomic E-state index is 0.0905. The highest BCUT2D eigenvalue weighted by Gasteiger charge is 2.16. The minimum Gasteiger partial charge on any atom is -0.325 e. The molecule has 0 fully saturated rings. The number of amides is 1. The summed E-state index contributed by atoms with van der Waals surface area (Å²) < 4.78 is 0. The molecule has 24 heavy (non-hydrogen) atoms. The van der Waals surface area contributed by atoms with E-state index in [4.69, 9.17) is 0 Å². The number of benzene rings is 1. The van der Waals surface area contributed by atoms with Crippen LogP contribution >= 0.6 is 11.8 Å². The van der Waals surface area contributed by atoms with Crippen molar-refractivity contribution in [2.45, 2.75) is 37.6 Å². The predicted octanol–water partition coefficient (Wildman–Crippen LogP) is 3.87. The normalized spacial score (nSPS) is 13.0. The Bertz CT molecular complexity index is 793. The van der Waals surface area contributed by atoms with Crippen molar-refractivity contribution in [2.24, 2.45) is 0 Å². The molecular weight excluding hydrogens is 318 g/mol. The fraction of sp³-hybridized carbons (Fsp3) is 0.316. The van der Waals surface area contributed by atoms with E-state index in [-0.39, 0.29) is 11.7 Å². The van der Waals surface area contributed by atoms with Gasteiger partial charge in [-0.2, -0.15) is 5.26 Å². The minimum atomic E-state index is -0.0905. The molecule has 2 aromatic rings. The molecule has 0 unspecified atom stereocenters. The van der Waals surface area contributed by atoms with E-state index in [0.717, 1.165) is 42.6 Å². The first kappa shape index (κ1) is 16.5. The molecule has 1 N–H and O–H groups in total. The molecule has 0 spiro atoms. The van der Waals surface area contributed by atoms with Crippen molar-refractivity contribution in [3.8, 4) is 6.07 Å². The van der Waals surface area contributed by atoms with E-state index >= 15 is 0 Å². The van der Waals surface area contributed by atoms with Gasteiger partial charge in [0.05, 0.1) is 11.3 Å². The van der Waals surface area contributed by atoms with Crippen molar-refractivity contribution in [1.82, 2.24) is 4.98 Å².